The monoisotopic (exact) mass is 370 g/mol. The third-order valence-corrected chi connectivity index (χ3v) is 6.20. The van der Waals surface area contributed by atoms with Gasteiger partial charge in [-0.05, 0) is 59.4 Å². The molecule has 1 aromatic rings. The zero-order chi connectivity index (χ0) is 15.6. The minimum absolute atomic E-state index is 0.429. The van der Waals surface area contributed by atoms with Gasteiger partial charge in [-0.1, -0.05) is 46.3 Å². The largest absolute Gasteiger partial charge is 0.346 e. The summed E-state index contributed by atoms with van der Waals surface area (Å²) in [4.78, 5) is 8.19. The lowest BCUT2D eigenvalue weighted by Gasteiger charge is -2.36. The predicted octanol–water partition coefficient (Wildman–Crippen LogP) is 6.17. The molecule has 2 nitrogen and oxygen atoms in total. The van der Waals surface area contributed by atoms with Gasteiger partial charge >= 0.3 is 0 Å². The maximum absolute atomic E-state index is 5.42. The van der Waals surface area contributed by atoms with Gasteiger partial charge in [-0.2, -0.15) is 0 Å². The van der Waals surface area contributed by atoms with Gasteiger partial charge in [-0.25, -0.2) is 4.98 Å². The molecule has 0 atom stereocenters. The van der Waals surface area contributed by atoms with Gasteiger partial charge in [0.25, 0.3) is 0 Å². The SMILES string of the molecule is CCCc1[nH]c(C2CCC(C(C)(C)C)CC2)nc(=S)c1Br. The Balaban J connectivity index is 2.15. The Morgan fingerprint density at radius 3 is 2.38 bits per heavy atom. The number of rotatable bonds is 3. The molecular weight excluding hydrogens is 344 g/mol. The summed E-state index contributed by atoms with van der Waals surface area (Å²) in [5.41, 5.74) is 1.64. The first-order valence-electron chi connectivity index (χ1n) is 8.11. The van der Waals surface area contributed by atoms with Gasteiger partial charge in [0.1, 0.15) is 10.5 Å². The van der Waals surface area contributed by atoms with Crippen molar-refractivity contribution in [3.8, 4) is 0 Å². The number of hydrogen-bond acceptors (Lipinski definition) is 2. The van der Waals surface area contributed by atoms with Gasteiger partial charge in [0, 0.05) is 11.6 Å². The van der Waals surface area contributed by atoms with Crippen LogP contribution in [0.3, 0.4) is 0 Å². The molecule has 118 valence electrons. The van der Waals surface area contributed by atoms with Crippen molar-refractivity contribution in [2.24, 2.45) is 11.3 Å². The molecular formula is C17H27BrN2S. The molecule has 0 bridgehead atoms. The van der Waals surface area contributed by atoms with E-state index in [-0.39, 0.29) is 0 Å². The zero-order valence-electron chi connectivity index (χ0n) is 13.6. The van der Waals surface area contributed by atoms with Gasteiger partial charge < -0.3 is 4.98 Å². The fourth-order valence-electron chi connectivity index (χ4n) is 3.37. The molecule has 1 aromatic heterocycles. The summed E-state index contributed by atoms with van der Waals surface area (Å²) in [7, 11) is 0. The van der Waals surface area contributed by atoms with Crippen LogP contribution in [0.1, 0.15) is 77.2 Å². The smallest absolute Gasteiger partial charge is 0.144 e. The molecule has 1 aliphatic carbocycles. The molecule has 0 spiro atoms. The van der Waals surface area contributed by atoms with Crippen molar-refractivity contribution in [2.75, 3.05) is 0 Å². The molecule has 0 amide bonds. The molecule has 1 N–H and O–H groups in total. The van der Waals surface area contributed by atoms with Crippen molar-refractivity contribution >= 4 is 28.1 Å². The molecule has 21 heavy (non-hydrogen) atoms. The van der Waals surface area contributed by atoms with E-state index in [0.29, 0.717) is 16.0 Å². The second kappa shape index (κ2) is 6.91. The molecule has 0 aliphatic heterocycles. The molecule has 0 radical (unpaired) electrons. The highest BCUT2D eigenvalue weighted by Gasteiger charge is 2.31. The van der Waals surface area contributed by atoms with E-state index in [2.05, 4.69) is 53.6 Å². The number of aromatic nitrogens is 2. The van der Waals surface area contributed by atoms with Crippen LogP contribution < -0.4 is 0 Å². The van der Waals surface area contributed by atoms with Crippen LogP contribution in [0.4, 0.5) is 0 Å². The van der Waals surface area contributed by atoms with Crippen LogP contribution in [0.5, 0.6) is 0 Å². The van der Waals surface area contributed by atoms with E-state index in [4.69, 9.17) is 12.2 Å². The van der Waals surface area contributed by atoms with Crippen molar-refractivity contribution in [1.82, 2.24) is 9.97 Å². The number of H-pyrrole nitrogens is 1. The second-order valence-electron chi connectivity index (χ2n) is 7.38. The summed E-state index contributed by atoms with van der Waals surface area (Å²) in [5, 5.41) is 0. The number of nitrogens with zero attached hydrogens (tertiary/aromatic N) is 1. The number of halogens is 1. The van der Waals surface area contributed by atoms with E-state index in [1.165, 1.54) is 31.4 Å². The molecule has 1 heterocycles. The minimum Gasteiger partial charge on any atom is -0.346 e. The summed E-state index contributed by atoms with van der Waals surface area (Å²) in [6.45, 7) is 9.28. The maximum Gasteiger partial charge on any atom is 0.144 e. The number of hydrogen-bond donors (Lipinski definition) is 1. The summed E-state index contributed by atoms with van der Waals surface area (Å²) in [6.07, 6.45) is 7.20. The Hall–Kier alpha value is -0.220. The molecule has 1 aliphatic rings. The summed E-state index contributed by atoms with van der Waals surface area (Å²) in [6, 6.07) is 0. The fraction of sp³-hybridized carbons (Fsp3) is 0.765. The summed E-state index contributed by atoms with van der Waals surface area (Å²) < 4.78 is 1.69. The highest BCUT2D eigenvalue weighted by atomic mass is 79.9. The standard InChI is InChI=1S/C17H27BrN2S/c1-5-6-13-14(18)16(21)20-15(19-13)11-7-9-12(10-8-11)17(2,3)4/h11-12H,5-10H2,1-4H3,(H,19,20,21). The normalized spacial score (nSPS) is 23.3. The van der Waals surface area contributed by atoms with E-state index in [1.807, 2.05) is 0 Å². The molecule has 0 saturated heterocycles. The molecule has 1 fully saturated rings. The molecule has 4 heteroatoms. The van der Waals surface area contributed by atoms with Gasteiger partial charge in [0.2, 0.25) is 0 Å². The highest BCUT2D eigenvalue weighted by molar-refractivity contribution is 9.10. The number of aromatic amines is 1. The van der Waals surface area contributed by atoms with Crippen molar-refractivity contribution in [1.29, 1.82) is 0 Å². The van der Waals surface area contributed by atoms with Gasteiger partial charge in [-0.15, -0.1) is 0 Å². The first kappa shape index (κ1) is 17.1. The Kier molecular flexibility index (Phi) is 5.64. The molecule has 0 aromatic carbocycles. The summed E-state index contributed by atoms with van der Waals surface area (Å²) in [5.74, 6) is 2.50. The molecule has 0 unspecified atom stereocenters. The van der Waals surface area contributed by atoms with Crippen LogP contribution in [0, 0.1) is 16.0 Å². The first-order chi connectivity index (χ1) is 9.82. The van der Waals surface area contributed by atoms with E-state index < -0.39 is 0 Å². The maximum atomic E-state index is 5.42. The lowest BCUT2D eigenvalue weighted by molar-refractivity contribution is 0.167. The first-order valence-corrected chi connectivity index (χ1v) is 9.31. The fourth-order valence-corrected chi connectivity index (χ4v) is 3.98. The third kappa shape index (κ3) is 4.16. The Bertz CT molecular complexity index is 537. The van der Waals surface area contributed by atoms with Crippen LogP contribution in [0.2, 0.25) is 0 Å². The predicted molar refractivity (Wildman–Crippen MR) is 95.3 cm³/mol. The van der Waals surface area contributed by atoms with E-state index in [1.54, 1.807) is 0 Å². The van der Waals surface area contributed by atoms with Crippen LogP contribution in [0.25, 0.3) is 0 Å². The number of aryl methyl sites for hydroxylation is 1. The highest BCUT2D eigenvalue weighted by Crippen LogP contribution is 2.42. The Morgan fingerprint density at radius 2 is 1.86 bits per heavy atom. The van der Waals surface area contributed by atoms with Gasteiger partial charge in [0.15, 0.2) is 0 Å². The van der Waals surface area contributed by atoms with Crippen molar-refractivity contribution < 1.29 is 0 Å². The summed E-state index contributed by atoms with van der Waals surface area (Å²) >= 11 is 8.99. The topological polar surface area (TPSA) is 28.7 Å². The zero-order valence-corrected chi connectivity index (χ0v) is 16.0. The number of nitrogens with one attached hydrogen (secondary N) is 1. The molecule has 2 rings (SSSR count). The Labute approximate surface area is 142 Å². The second-order valence-corrected chi connectivity index (χ2v) is 8.56. The van der Waals surface area contributed by atoms with E-state index >= 15 is 0 Å². The quantitative estimate of drug-likeness (QED) is 0.643. The van der Waals surface area contributed by atoms with Crippen molar-refractivity contribution in [2.45, 2.75) is 72.1 Å². The van der Waals surface area contributed by atoms with Crippen LogP contribution in [-0.4, -0.2) is 9.97 Å². The van der Waals surface area contributed by atoms with Crippen LogP contribution in [-0.2, 0) is 6.42 Å². The van der Waals surface area contributed by atoms with Crippen LogP contribution in [0.15, 0.2) is 4.47 Å². The van der Waals surface area contributed by atoms with Crippen LogP contribution >= 0.6 is 28.1 Å². The minimum atomic E-state index is 0.429. The lowest BCUT2D eigenvalue weighted by atomic mass is 9.69. The average Bonchev–Trinajstić information content (AvgIpc) is 2.43. The van der Waals surface area contributed by atoms with Gasteiger partial charge in [-0.3, -0.25) is 0 Å². The van der Waals surface area contributed by atoms with Crippen molar-refractivity contribution in [3.05, 3.63) is 20.6 Å². The van der Waals surface area contributed by atoms with E-state index in [0.717, 1.165) is 29.1 Å². The molecule has 1 saturated carbocycles. The average molecular weight is 371 g/mol. The van der Waals surface area contributed by atoms with Gasteiger partial charge in [0.05, 0.1) is 4.47 Å². The Morgan fingerprint density at radius 1 is 1.24 bits per heavy atom. The van der Waals surface area contributed by atoms with E-state index in [9.17, 15) is 0 Å². The lowest BCUT2D eigenvalue weighted by Crippen LogP contribution is -2.26. The third-order valence-electron chi connectivity index (χ3n) is 4.79. The van der Waals surface area contributed by atoms with Crippen molar-refractivity contribution in [3.63, 3.8) is 0 Å².